The average Bonchev–Trinajstić information content (AvgIpc) is 2.71. The maximum absolute atomic E-state index is 11.6. The van der Waals surface area contributed by atoms with Crippen LogP contribution in [0.3, 0.4) is 0 Å². The minimum atomic E-state index is 0.113. The lowest BCUT2D eigenvalue weighted by molar-refractivity contribution is -0.117. The number of anilines is 1. The molecule has 2 heterocycles. The Hall–Kier alpha value is -0.400. The van der Waals surface area contributed by atoms with Crippen LogP contribution >= 0.6 is 36.2 Å². The van der Waals surface area contributed by atoms with Crippen molar-refractivity contribution in [3.63, 3.8) is 0 Å². The Morgan fingerprint density at radius 2 is 2.57 bits per heavy atom. The van der Waals surface area contributed by atoms with Gasteiger partial charge in [0.15, 0.2) is 3.95 Å². The molecule has 1 amide bonds. The van der Waals surface area contributed by atoms with E-state index in [-0.39, 0.29) is 5.91 Å². The summed E-state index contributed by atoms with van der Waals surface area (Å²) in [5.41, 5.74) is 0. The van der Waals surface area contributed by atoms with Crippen LogP contribution in [0.1, 0.15) is 6.42 Å². The van der Waals surface area contributed by atoms with Crippen LogP contribution in [0, 0.1) is 9.87 Å². The molecule has 1 saturated heterocycles. The molecule has 1 fully saturated rings. The molecule has 4 nitrogen and oxygen atoms in total. The molecule has 0 aliphatic carbocycles. The fourth-order valence-corrected chi connectivity index (χ4v) is 2.57. The molecule has 1 aromatic heterocycles. The van der Waals surface area contributed by atoms with E-state index in [4.69, 9.17) is 12.2 Å². The smallest absolute Gasteiger partial charge is 0.229 e. The molecule has 1 atom stereocenters. The lowest BCUT2D eigenvalue weighted by Crippen LogP contribution is -2.24. The number of aromatic nitrogens is 2. The summed E-state index contributed by atoms with van der Waals surface area (Å²) in [7, 11) is 0. The van der Waals surface area contributed by atoms with Crippen molar-refractivity contribution in [2.75, 3.05) is 17.2 Å². The number of amides is 1. The van der Waals surface area contributed by atoms with Crippen LogP contribution < -0.4 is 4.90 Å². The van der Waals surface area contributed by atoms with E-state index in [0.29, 0.717) is 28.0 Å². The average molecular weight is 247 g/mol. The van der Waals surface area contributed by atoms with E-state index in [9.17, 15) is 4.79 Å². The maximum atomic E-state index is 11.6. The van der Waals surface area contributed by atoms with Gasteiger partial charge >= 0.3 is 0 Å². The van der Waals surface area contributed by atoms with Crippen molar-refractivity contribution in [2.24, 2.45) is 5.92 Å². The van der Waals surface area contributed by atoms with E-state index in [1.54, 1.807) is 4.90 Å². The zero-order valence-electron chi connectivity index (χ0n) is 7.27. The molecule has 76 valence electrons. The number of carbonyl (C=O) groups is 1. The number of H-pyrrole nitrogens is 1. The van der Waals surface area contributed by atoms with Gasteiger partial charge in [0, 0.05) is 13.0 Å². The minimum Gasteiger partial charge on any atom is -0.286 e. The second-order valence-corrected chi connectivity index (χ2v) is 5.16. The molecule has 1 aromatic rings. The topological polar surface area (TPSA) is 49.0 Å². The fraction of sp³-hybridized carbons (Fsp3) is 0.571. The van der Waals surface area contributed by atoms with E-state index in [1.807, 2.05) is 0 Å². The van der Waals surface area contributed by atoms with Crippen molar-refractivity contribution in [1.82, 2.24) is 10.2 Å². The Labute approximate surface area is 95.7 Å². The number of hydrogen-bond donors (Lipinski definition) is 2. The Morgan fingerprint density at radius 3 is 3.07 bits per heavy atom. The third-order valence-corrected chi connectivity index (χ3v) is 3.75. The van der Waals surface area contributed by atoms with Crippen LogP contribution in [0.25, 0.3) is 0 Å². The van der Waals surface area contributed by atoms with Crippen molar-refractivity contribution < 1.29 is 4.79 Å². The summed E-state index contributed by atoms with van der Waals surface area (Å²) in [6, 6.07) is 0. The molecule has 1 aliphatic heterocycles. The molecular formula is C7H9N3OS3. The van der Waals surface area contributed by atoms with Crippen molar-refractivity contribution in [3.05, 3.63) is 3.95 Å². The molecule has 0 saturated carbocycles. The number of nitrogens with zero attached hydrogens (tertiary/aromatic N) is 2. The Morgan fingerprint density at radius 1 is 1.79 bits per heavy atom. The maximum Gasteiger partial charge on any atom is 0.229 e. The van der Waals surface area contributed by atoms with Crippen LogP contribution in [0.5, 0.6) is 0 Å². The normalized spacial score (nSPS) is 21.9. The predicted octanol–water partition coefficient (Wildman–Crippen LogP) is 1.48. The summed E-state index contributed by atoms with van der Waals surface area (Å²) in [5.74, 6) is 1.18. The Kier molecular flexibility index (Phi) is 2.89. The predicted molar refractivity (Wildman–Crippen MR) is 61.6 cm³/mol. The van der Waals surface area contributed by atoms with Gasteiger partial charge in [-0.2, -0.15) is 12.6 Å². The van der Waals surface area contributed by atoms with Crippen molar-refractivity contribution in [3.8, 4) is 0 Å². The molecule has 0 bridgehead atoms. The largest absolute Gasteiger partial charge is 0.286 e. The zero-order valence-corrected chi connectivity index (χ0v) is 9.79. The number of nitrogens with one attached hydrogen (secondary N) is 1. The second-order valence-electron chi connectivity index (χ2n) is 3.15. The first-order valence-corrected chi connectivity index (χ1v) is 6.03. The van der Waals surface area contributed by atoms with E-state index >= 15 is 0 Å². The molecule has 14 heavy (non-hydrogen) atoms. The third-order valence-electron chi connectivity index (χ3n) is 2.12. The van der Waals surface area contributed by atoms with Gasteiger partial charge in [-0.3, -0.25) is 14.8 Å². The van der Waals surface area contributed by atoms with Gasteiger partial charge in [0.25, 0.3) is 0 Å². The highest BCUT2D eigenvalue weighted by Gasteiger charge is 2.31. The van der Waals surface area contributed by atoms with Gasteiger partial charge in [-0.25, -0.2) is 0 Å². The molecule has 7 heteroatoms. The highest BCUT2D eigenvalue weighted by Crippen LogP contribution is 2.26. The summed E-state index contributed by atoms with van der Waals surface area (Å²) < 4.78 is 0.599. The van der Waals surface area contributed by atoms with Crippen molar-refractivity contribution >= 4 is 47.2 Å². The van der Waals surface area contributed by atoms with Crippen LogP contribution in [0.4, 0.5) is 5.13 Å². The quantitative estimate of drug-likeness (QED) is 0.615. The molecule has 0 aromatic carbocycles. The number of carbonyl (C=O) groups excluding carboxylic acids is 1. The number of thiol groups is 1. The van der Waals surface area contributed by atoms with Gasteiger partial charge in [0.2, 0.25) is 11.0 Å². The highest BCUT2D eigenvalue weighted by molar-refractivity contribution is 7.80. The fourth-order valence-electron chi connectivity index (χ4n) is 1.43. The standard InChI is InChI=1S/C7H9N3OS3/c11-5-1-4(3-12)2-10(5)6-8-9-7(13)14-6/h4,12H,1-3H2,(H,9,13). The zero-order chi connectivity index (χ0) is 10.1. The Balaban J connectivity index is 2.20. The summed E-state index contributed by atoms with van der Waals surface area (Å²) in [6.07, 6.45) is 0.565. The van der Waals surface area contributed by atoms with E-state index in [1.165, 1.54) is 11.3 Å². The highest BCUT2D eigenvalue weighted by atomic mass is 32.1. The second kappa shape index (κ2) is 4.00. The summed E-state index contributed by atoms with van der Waals surface area (Å²) in [4.78, 5) is 13.2. The first-order chi connectivity index (χ1) is 6.70. The first kappa shape index (κ1) is 10.1. The van der Waals surface area contributed by atoms with E-state index < -0.39 is 0 Å². The lowest BCUT2D eigenvalue weighted by atomic mass is 10.1. The number of hydrogen-bond acceptors (Lipinski definition) is 5. The molecule has 1 unspecified atom stereocenters. The molecular weight excluding hydrogens is 238 g/mol. The molecule has 2 rings (SSSR count). The van der Waals surface area contributed by atoms with Gasteiger partial charge in [-0.05, 0) is 23.9 Å². The minimum absolute atomic E-state index is 0.113. The molecule has 1 aliphatic rings. The Bertz CT molecular complexity index is 399. The summed E-state index contributed by atoms with van der Waals surface area (Å²) in [5, 5.41) is 7.33. The lowest BCUT2D eigenvalue weighted by Gasteiger charge is -2.10. The summed E-state index contributed by atoms with van der Waals surface area (Å²) >= 11 is 10.4. The number of aromatic amines is 1. The van der Waals surface area contributed by atoms with Gasteiger partial charge in [0.05, 0.1) is 0 Å². The molecule has 0 spiro atoms. The molecule has 0 radical (unpaired) electrons. The van der Waals surface area contributed by atoms with Crippen molar-refractivity contribution in [1.29, 1.82) is 0 Å². The van der Waals surface area contributed by atoms with Gasteiger partial charge in [-0.1, -0.05) is 11.3 Å². The van der Waals surface area contributed by atoms with Crippen LogP contribution in [-0.4, -0.2) is 28.4 Å². The van der Waals surface area contributed by atoms with Crippen molar-refractivity contribution in [2.45, 2.75) is 6.42 Å². The summed E-state index contributed by atoms with van der Waals surface area (Å²) in [6.45, 7) is 0.707. The van der Waals surface area contributed by atoms with Crippen LogP contribution in [0.15, 0.2) is 0 Å². The van der Waals surface area contributed by atoms with Gasteiger partial charge < -0.3 is 0 Å². The van der Waals surface area contributed by atoms with E-state index in [2.05, 4.69) is 22.8 Å². The number of rotatable bonds is 2. The third kappa shape index (κ3) is 1.84. The van der Waals surface area contributed by atoms with Crippen LogP contribution in [-0.2, 0) is 4.79 Å². The van der Waals surface area contributed by atoms with Gasteiger partial charge in [-0.15, -0.1) is 5.10 Å². The van der Waals surface area contributed by atoms with Crippen LogP contribution in [0.2, 0.25) is 0 Å². The van der Waals surface area contributed by atoms with Gasteiger partial charge in [0.1, 0.15) is 0 Å². The molecule has 1 N–H and O–H groups in total. The monoisotopic (exact) mass is 247 g/mol. The van der Waals surface area contributed by atoms with E-state index in [0.717, 1.165) is 5.75 Å². The SMILES string of the molecule is O=C1CC(CS)CN1c1n[nH]c(=S)s1. The first-order valence-electron chi connectivity index (χ1n) is 4.17.